The Kier molecular flexibility index (Phi) is 4.39. The molecule has 0 aliphatic heterocycles. The lowest BCUT2D eigenvalue weighted by Crippen LogP contribution is -2.18. The molecule has 108 valence electrons. The fourth-order valence-corrected chi connectivity index (χ4v) is 1.81. The molecule has 0 aliphatic rings. The summed E-state index contributed by atoms with van der Waals surface area (Å²) in [5.41, 5.74) is 0.325. The van der Waals surface area contributed by atoms with E-state index in [1.165, 1.54) is 24.3 Å². The van der Waals surface area contributed by atoms with Crippen LogP contribution in [0.1, 0.15) is 11.7 Å². The van der Waals surface area contributed by atoms with Crippen LogP contribution in [0.25, 0.3) is 0 Å². The fraction of sp³-hybridized carbons (Fsp3) is 0.0714. The topological polar surface area (TPSA) is 89.7 Å². The van der Waals surface area contributed by atoms with Crippen molar-refractivity contribution in [2.45, 2.75) is 6.10 Å². The number of carboxylic acid groups (broad SMARTS) is 1. The number of benzene rings is 2. The van der Waals surface area contributed by atoms with Gasteiger partial charge in [-0.2, -0.15) is 0 Å². The van der Waals surface area contributed by atoms with Crippen molar-refractivity contribution in [3.05, 3.63) is 69.2 Å². The van der Waals surface area contributed by atoms with E-state index in [1.807, 2.05) is 0 Å². The Balaban J connectivity index is 2.22. The van der Waals surface area contributed by atoms with Crippen LogP contribution in [0.2, 0.25) is 5.02 Å². The molecule has 0 radical (unpaired) electrons. The standard InChI is InChI=1S/C14H10ClNO5/c15-10-3-1-9(2-4-10)13(14(17)18)21-12-7-5-11(6-8-12)16(19)20/h1-8,13H,(H,17,18). The predicted molar refractivity (Wildman–Crippen MR) is 75.6 cm³/mol. The van der Waals surface area contributed by atoms with Crippen LogP contribution in [0.15, 0.2) is 48.5 Å². The zero-order valence-corrected chi connectivity index (χ0v) is 11.4. The number of nitro benzene ring substituents is 1. The van der Waals surface area contributed by atoms with Gasteiger partial charge in [-0.1, -0.05) is 23.7 Å². The van der Waals surface area contributed by atoms with Gasteiger partial charge in [0, 0.05) is 22.7 Å². The van der Waals surface area contributed by atoms with Crippen LogP contribution in [0, 0.1) is 10.1 Å². The minimum absolute atomic E-state index is 0.0966. The Morgan fingerprint density at radius 3 is 2.19 bits per heavy atom. The number of carboxylic acids is 1. The Morgan fingerprint density at radius 1 is 1.14 bits per heavy atom. The summed E-state index contributed by atoms with van der Waals surface area (Å²) < 4.78 is 5.37. The maximum Gasteiger partial charge on any atom is 0.349 e. The van der Waals surface area contributed by atoms with Crippen molar-refractivity contribution < 1.29 is 19.6 Å². The molecule has 2 aromatic carbocycles. The highest BCUT2D eigenvalue weighted by molar-refractivity contribution is 6.30. The van der Waals surface area contributed by atoms with E-state index in [0.29, 0.717) is 10.6 Å². The number of ether oxygens (including phenoxy) is 1. The Labute approximate surface area is 124 Å². The number of carbonyl (C=O) groups is 1. The first-order valence-corrected chi connectivity index (χ1v) is 6.24. The highest BCUT2D eigenvalue weighted by atomic mass is 35.5. The maximum atomic E-state index is 11.3. The smallest absolute Gasteiger partial charge is 0.349 e. The second-order valence-corrected chi connectivity index (χ2v) is 4.58. The van der Waals surface area contributed by atoms with Crippen molar-refractivity contribution in [2.75, 3.05) is 0 Å². The summed E-state index contributed by atoms with van der Waals surface area (Å²) in [6.45, 7) is 0. The van der Waals surface area contributed by atoms with E-state index in [4.69, 9.17) is 16.3 Å². The molecule has 0 saturated carbocycles. The molecule has 21 heavy (non-hydrogen) atoms. The van der Waals surface area contributed by atoms with E-state index in [-0.39, 0.29) is 11.4 Å². The highest BCUT2D eigenvalue weighted by Gasteiger charge is 2.22. The molecule has 0 saturated heterocycles. The molecule has 0 fully saturated rings. The zero-order chi connectivity index (χ0) is 15.4. The fourth-order valence-electron chi connectivity index (χ4n) is 1.68. The molecule has 2 aromatic rings. The molecule has 2 rings (SSSR count). The molecule has 1 atom stereocenters. The van der Waals surface area contributed by atoms with Gasteiger partial charge in [0.1, 0.15) is 5.75 Å². The number of hydrogen-bond donors (Lipinski definition) is 1. The second kappa shape index (κ2) is 6.23. The lowest BCUT2D eigenvalue weighted by atomic mass is 10.1. The Hall–Kier alpha value is -2.60. The first-order chi connectivity index (χ1) is 9.97. The van der Waals surface area contributed by atoms with Crippen LogP contribution >= 0.6 is 11.6 Å². The number of non-ortho nitro benzene ring substituents is 1. The second-order valence-electron chi connectivity index (χ2n) is 4.14. The van der Waals surface area contributed by atoms with E-state index in [1.54, 1.807) is 24.3 Å². The molecule has 1 N–H and O–H groups in total. The average Bonchev–Trinajstić information content (AvgIpc) is 2.46. The summed E-state index contributed by atoms with van der Waals surface area (Å²) in [6.07, 6.45) is -1.22. The quantitative estimate of drug-likeness (QED) is 0.675. The summed E-state index contributed by atoms with van der Waals surface area (Å²) in [4.78, 5) is 21.3. The summed E-state index contributed by atoms with van der Waals surface area (Å²) in [6, 6.07) is 11.4. The molecule has 1 unspecified atom stereocenters. The molecule has 6 nitrogen and oxygen atoms in total. The number of hydrogen-bond acceptors (Lipinski definition) is 4. The maximum absolute atomic E-state index is 11.3. The van der Waals surface area contributed by atoms with Crippen LogP contribution in [-0.4, -0.2) is 16.0 Å². The minimum atomic E-state index is -1.22. The third-order valence-corrected chi connectivity index (χ3v) is 2.95. The third kappa shape index (κ3) is 3.70. The number of rotatable bonds is 5. The van der Waals surface area contributed by atoms with E-state index in [9.17, 15) is 20.0 Å². The van der Waals surface area contributed by atoms with E-state index >= 15 is 0 Å². The number of nitro groups is 1. The monoisotopic (exact) mass is 307 g/mol. The first kappa shape index (κ1) is 14.8. The van der Waals surface area contributed by atoms with Gasteiger partial charge >= 0.3 is 5.97 Å². The molecule has 0 spiro atoms. The highest BCUT2D eigenvalue weighted by Crippen LogP contribution is 2.25. The first-order valence-electron chi connectivity index (χ1n) is 5.87. The Morgan fingerprint density at radius 2 is 1.71 bits per heavy atom. The van der Waals surface area contributed by atoms with Crippen LogP contribution in [-0.2, 0) is 4.79 Å². The summed E-state index contributed by atoms with van der Waals surface area (Å²) in [7, 11) is 0. The predicted octanol–water partition coefficient (Wildman–Crippen LogP) is 3.45. The number of nitrogens with zero attached hydrogens (tertiary/aromatic N) is 1. The lowest BCUT2D eigenvalue weighted by molar-refractivity contribution is -0.384. The summed E-state index contributed by atoms with van der Waals surface area (Å²) >= 11 is 5.75. The molecule has 0 bridgehead atoms. The van der Waals surface area contributed by atoms with Gasteiger partial charge in [-0.15, -0.1) is 0 Å². The van der Waals surface area contributed by atoms with Gasteiger partial charge < -0.3 is 9.84 Å². The van der Waals surface area contributed by atoms with E-state index < -0.39 is 17.0 Å². The summed E-state index contributed by atoms with van der Waals surface area (Å²) in [5.74, 6) is -0.946. The molecule has 7 heteroatoms. The van der Waals surface area contributed by atoms with Gasteiger partial charge in [0.15, 0.2) is 0 Å². The molecule has 0 aliphatic carbocycles. The van der Waals surface area contributed by atoms with Crippen LogP contribution in [0.4, 0.5) is 5.69 Å². The average molecular weight is 308 g/mol. The van der Waals surface area contributed by atoms with Gasteiger partial charge in [-0.25, -0.2) is 4.79 Å². The molecule has 0 heterocycles. The van der Waals surface area contributed by atoms with Crippen molar-refractivity contribution in [1.82, 2.24) is 0 Å². The lowest BCUT2D eigenvalue weighted by Gasteiger charge is -2.15. The van der Waals surface area contributed by atoms with Gasteiger partial charge in [-0.3, -0.25) is 10.1 Å². The summed E-state index contributed by atoms with van der Waals surface area (Å²) in [5, 5.41) is 20.3. The van der Waals surface area contributed by atoms with Gasteiger partial charge in [-0.05, 0) is 24.3 Å². The third-order valence-electron chi connectivity index (χ3n) is 2.70. The molecule has 0 amide bonds. The van der Waals surface area contributed by atoms with E-state index in [0.717, 1.165) is 0 Å². The van der Waals surface area contributed by atoms with Crippen molar-refractivity contribution >= 4 is 23.3 Å². The number of halogens is 1. The SMILES string of the molecule is O=C(O)C(Oc1ccc([N+](=O)[O-])cc1)c1ccc(Cl)cc1. The van der Waals surface area contributed by atoms with Crippen molar-refractivity contribution in [1.29, 1.82) is 0 Å². The van der Waals surface area contributed by atoms with Crippen LogP contribution < -0.4 is 4.74 Å². The Bertz CT molecular complexity index is 654. The number of aliphatic carboxylic acids is 1. The van der Waals surface area contributed by atoms with Gasteiger partial charge in [0.2, 0.25) is 6.10 Å². The van der Waals surface area contributed by atoms with Gasteiger partial charge in [0.25, 0.3) is 5.69 Å². The van der Waals surface area contributed by atoms with Gasteiger partial charge in [0.05, 0.1) is 4.92 Å². The van der Waals surface area contributed by atoms with Crippen LogP contribution in [0.5, 0.6) is 5.75 Å². The van der Waals surface area contributed by atoms with Crippen LogP contribution in [0.3, 0.4) is 0 Å². The molecular weight excluding hydrogens is 298 g/mol. The minimum Gasteiger partial charge on any atom is -0.478 e. The van der Waals surface area contributed by atoms with E-state index in [2.05, 4.69) is 0 Å². The normalized spacial score (nSPS) is 11.7. The van der Waals surface area contributed by atoms with Crippen molar-refractivity contribution in [2.24, 2.45) is 0 Å². The van der Waals surface area contributed by atoms with Crippen molar-refractivity contribution in [3.8, 4) is 5.75 Å². The molecule has 0 aromatic heterocycles. The molecular formula is C14H10ClNO5. The largest absolute Gasteiger partial charge is 0.478 e. The van der Waals surface area contributed by atoms with Crippen molar-refractivity contribution in [3.63, 3.8) is 0 Å². The zero-order valence-electron chi connectivity index (χ0n) is 10.6.